The molecule has 2 N–H and O–H groups in total. The highest BCUT2D eigenvalue weighted by molar-refractivity contribution is 5.99. The Hall–Kier alpha value is -2.13. The number of carbonyl (C=O) groups is 1. The molecule has 0 aliphatic carbocycles. The Balaban J connectivity index is 2.28. The Morgan fingerprint density at radius 3 is 2.62 bits per heavy atom. The van der Waals surface area contributed by atoms with Crippen LogP contribution in [-0.4, -0.2) is 19.4 Å². The lowest BCUT2D eigenvalue weighted by Crippen LogP contribution is -2.11. The molecule has 110 valence electrons. The van der Waals surface area contributed by atoms with Crippen molar-refractivity contribution in [3.63, 3.8) is 0 Å². The molecule has 3 nitrogen and oxygen atoms in total. The number of ether oxygens (including phenoxy) is 1. The highest BCUT2D eigenvalue weighted by Gasteiger charge is 2.14. The fourth-order valence-corrected chi connectivity index (χ4v) is 2.48. The highest BCUT2D eigenvalue weighted by Crippen LogP contribution is 2.22. The van der Waals surface area contributed by atoms with Crippen molar-refractivity contribution in [2.24, 2.45) is 5.73 Å². The third-order valence-corrected chi connectivity index (χ3v) is 3.52. The molecule has 0 aliphatic rings. The van der Waals surface area contributed by atoms with E-state index in [0.29, 0.717) is 19.4 Å². The maximum atomic E-state index is 12.6. The van der Waals surface area contributed by atoms with Gasteiger partial charge in [0.2, 0.25) is 0 Å². The van der Waals surface area contributed by atoms with Gasteiger partial charge in [-0.05, 0) is 31.5 Å². The number of hydrogen-bond acceptors (Lipinski definition) is 3. The van der Waals surface area contributed by atoms with Crippen molar-refractivity contribution < 1.29 is 9.53 Å². The Labute approximate surface area is 125 Å². The lowest BCUT2D eigenvalue weighted by atomic mass is 9.96. The maximum absolute atomic E-state index is 12.6. The van der Waals surface area contributed by atoms with Crippen LogP contribution in [0.15, 0.2) is 42.5 Å². The van der Waals surface area contributed by atoms with E-state index in [1.807, 2.05) is 49.4 Å². The summed E-state index contributed by atoms with van der Waals surface area (Å²) in [6, 6.07) is 13.6. The van der Waals surface area contributed by atoms with E-state index < -0.39 is 0 Å². The smallest absolute Gasteiger partial charge is 0.167 e. The number of benzene rings is 2. The van der Waals surface area contributed by atoms with Crippen LogP contribution in [0.4, 0.5) is 0 Å². The molecule has 0 saturated heterocycles. The first-order valence-corrected chi connectivity index (χ1v) is 7.10. The summed E-state index contributed by atoms with van der Waals surface area (Å²) in [6.45, 7) is 2.55. The van der Waals surface area contributed by atoms with Gasteiger partial charge in [-0.15, -0.1) is 0 Å². The Morgan fingerprint density at radius 2 is 1.90 bits per heavy atom. The van der Waals surface area contributed by atoms with Gasteiger partial charge < -0.3 is 10.5 Å². The molecule has 0 unspecified atom stereocenters. The molecular formula is C18H21NO2. The van der Waals surface area contributed by atoms with Crippen LogP contribution in [0, 0.1) is 6.92 Å². The molecule has 3 heteroatoms. The summed E-state index contributed by atoms with van der Waals surface area (Å²) < 4.78 is 5.34. The van der Waals surface area contributed by atoms with E-state index in [1.54, 1.807) is 7.11 Å². The first-order valence-electron chi connectivity index (χ1n) is 7.10. The Kier molecular flexibility index (Phi) is 5.12. The molecule has 0 radical (unpaired) electrons. The zero-order valence-corrected chi connectivity index (χ0v) is 12.6. The molecule has 2 rings (SSSR count). The van der Waals surface area contributed by atoms with Gasteiger partial charge in [-0.3, -0.25) is 4.79 Å². The standard InChI is InChI=1S/C18H21NO2/c1-13-7-8-18(21-2)15(11-13)12-17(20)16-6-4-3-5-14(16)9-10-19/h3-8,11H,9-10,12,19H2,1-2H3. The van der Waals surface area contributed by atoms with E-state index in [0.717, 1.165) is 28.0 Å². The van der Waals surface area contributed by atoms with Gasteiger partial charge in [-0.1, -0.05) is 42.0 Å². The number of rotatable bonds is 6. The van der Waals surface area contributed by atoms with Crippen LogP contribution in [0.3, 0.4) is 0 Å². The minimum Gasteiger partial charge on any atom is -0.496 e. The normalized spacial score (nSPS) is 10.4. The second-order valence-electron chi connectivity index (χ2n) is 5.11. The SMILES string of the molecule is COc1ccc(C)cc1CC(=O)c1ccccc1CCN. The van der Waals surface area contributed by atoms with Crippen LogP contribution < -0.4 is 10.5 Å². The Bertz CT molecular complexity index is 635. The van der Waals surface area contributed by atoms with Crippen LogP contribution in [0.2, 0.25) is 0 Å². The van der Waals surface area contributed by atoms with E-state index in [2.05, 4.69) is 0 Å². The number of ketones is 1. The van der Waals surface area contributed by atoms with Gasteiger partial charge in [-0.2, -0.15) is 0 Å². The zero-order chi connectivity index (χ0) is 15.2. The van der Waals surface area contributed by atoms with Crippen molar-refractivity contribution in [3.05, 3.63) is 64.7 Å². The second kappa shape index (κ2) is 7.04. The third-order valence-electron chi connectivity index (χ3n) is 3.52. The predicted molar refractivity (Wildman–Crippen MR) is 85.0 cm³/mol. The first-order chi connectivity index (χ1) is 10.2. The molecule has 0 amide bonds. The van der Waals surface area contributed by atoms with Crippen molar-refractivity contribution in [2.75, 3.05) is 13.7 Å². The summed E-state index contributed by atoms with van der Waals surface area (Å²) in [4.78, 5) is 12.6. The fraction of sp³-hybridized carbons (Fsp3) is 0.278. The molecule has 0 aromatic heterocycles. The van der Waals surface area contributed by atoms with Crippen molar-refractivity contribution in [2.45, 2.75) is 19.8 Å². The number of nitrogens with two attached hydrogens (primary N) is 1. The van der Waals surface area contributed by atoms with E-state index in [1.165, 1.54) is 0 Å². The molecule has 0 atom stereocenters. The Morgan fingerprint density at radius 1 is 1.14 bits per heavy atom. The van der Waals surface area contributed by atoms with Crippen LogP contribution in [0.25, 0.3) is 0 Å². The second-order valence-corrected chi connectivity index (χ2v) is 5.11. The summed E-state index contributed by atoms with van der Waals surface area (Å²) in [7, 11) is 1.63. The van der Waals surface area contributed by atoms with Gasteiger partial charge in [0.25, 0.3) is 0 Å². The number of methoxy groups -OCH3 is 1. The quantitative estimate of drug-likeness (QED) is 0.829. The van der Waals surface area contributed by atoms with Gasteiger partial charge in [0, 0.05) is 17.5 Å². The van der Waals surface area contributed by atoms with E-state index in [-0.39, 0.29) is 5.78 Å². The molecule has 0 bridgehead atoms. The molecule has 0 spiro atoms. The number of Topliss-reactive ketones (excluding diaryl/α,β-unsaturated/α-hetero) is 1. The molecule has 2 aromatic carbocycles. The average Bonchev–Trinajstić information content (AvgIpc) is 2.48. The van der Waals surface area contributed by atoms with Crippen molar-refractivity contribution in [1.82, 2.24) is 0 Å². The van der Waals surface area contributed by atoms with Crippen molar-refractivity contribution in [1.29, 1.82) is 0 Å². The largest absolute Gasteiger partial charge is 0.496 e. The predicted octanol–water partition coefficient (Wildman–Crippen LogP) is 2.93. The van der Waals surface area contributed by atoms with Crippen molar-refractivity contribution >= 4 is 5.78 Å². The summed E-state index contributed by atoms with van der Waals surface area (Å²) in [5, 5.41) is 0. The average molecular weight is 283 g/mol. The summed E-state index contributed by atoms with van der Waals surface area (Å²) >= 11 is 0. The lowest BCUT2D eigenvalue weighted by molar-refractivity contribution is 0.0991. The van der Waals surface area contributed by atoms with Crippen LogP contribution in [0.1, 0.15) is 27.0 Å². The van der Waals surface area contributed by atoms with Gasteiger partial charge in [0.05, 0.1) is 7.11 Å². The summed E-state index contributed by atoms with van der Waals surface area (Å²) in [6.07, 6.45) is 1.05. The van der Waals surface area contributed by atoms with Gasteiger partial charge in [0.15, 0.2) is 5.78 Å². The number of carbonyl (C=O) groups excluding carboxylic acids is 1. The molecule has 0 aliphatic heterocycles. The van der Waals surface area contributed by atoms with E-state index in [4.69, 9.17) is 10.5 Å². The molecule has 21 heavy (non-hydrogen) atoms. The molecule has 2 aromatic rings. The van der Waals surface area contributed by atoms with E-state index >= 15 is 0 Å². The molecule has 0 fully saturated rings. The molecule has 0 heterocycles. The highest BCUT2D eigenvalue weighted by atomic mass is 16.5. The molecule has 0 saturated carbocycles. The summed E-state index contributed by atoms with van der Waals surface area (Å²) in [5.41, 5.74) is 9.42. The van der Waals surface area contributed by atoms with Crippen LogP contribution >= 0.6 is 0 Å². The van der Waals surface area contributed by atoms with Crippen LogP contribution in [0.5, 0.6) is 5.75 Å². The third kappa shape index (κ3) is 3.70. The number of aryl methyl sites for hydroxylation is 1. The lowest BCUT2D eigenvalue weighted by Gasteiger charge is -2.11. The van der Waals surface area contributed by atoms with Gasteiger partial charge in [0.1, 0.15) is 5.75 Å². The molecular weight excluding hydrogens is 262 g/mol. The summed E-state index contributed by atoms with van der Waals surface area (Å²) in [5.74, 6) is 0.855. The minimum atomic E-state index is 0.1000. The number of hydrogen-bond donors (Lipinski definition) is 1. The monoisotopic (exact) mass is 283 g/mol. The van der Waals surface area contributed by atoms with E-state index in [9.17, 15) is 4.79 Å². The maximum Gasteiger partial charge on any atom is 0.167 e. The minimum absolute atomic E-state index is 0.1000. The van der Waals surface area contributed by atoms with Crippen molar-refractivity contribution in [3.8, 4) is 5.75 Å². The van der Waals surface area contributed by atoms with Gasteiger partial charge >= 0.3 is 0 Å². The van der Waals surface area contributed by atoms with Crippen LogP contribution in [-0.2, 0) is 12.8 Å². The zero-order valence-electron chi connectivity index (χ0n) is 12.6. The fourth-order valence-electron chi connectivity index (χ4n) is 2.48. The first kappa shape index (κ1) is 15.3. The van der Waals surface area contributed by atoms with Gasteiger partial charge in [-0.25, -0.2) is 0 Å². The topological polar surface area (TPSA) is 52.3 Å².